The van der Waals surface area contributed by atoms with E-state index in [2.05, 4.69) is 116 Å². The molecular weight excluding hydrogens is 460 g/mol. The Hall–Kier alpha value is -4.88. The lowest BCUT2D eigenvalue weighted by molar-refractivity contribution is 0.604. The molecule has 0 aliphatic rings. The third kappa shape index (κ3) is 3.40. The Morgan fingerprint density at radius 1 is 0.553 bits per heavy atom. The molecule has 180 valence electrons. The largest absolute Gasteiger partial charge is 0.455 e. The minimum atomic E-state index is 0.842. The van der Waals surface area contributed by atoms with Crippen LogP contribution in [0.5, 0.6) is 0 Å². The van der Waals surface area contributed by atoms with Gasteiger partial charge in [-0.2, -0.15) is 0 Å². The molecule has 0 aliphatic carbocycles. The monoisotopic (exact) mass is 486 g/mol. The molecule has 1 nitrogen and oxygen atoms in total. The summed E-state index contributed by atoms with van der Waals surface area (Å²) in [6.45, 7) is 6.02. The second-order valence-corrected chi connectivity index (χ2v) is 9.70. The smallest absolute Gasteiger partial charge is 0.143 e. The first kappa shape index (κ1) is 22.3. The van der Waals surface area contributed by atoms with Crippen LogP contribution in [0.3, 0.4) is 0 Å². The Morgan fingerprint density at radius 2 is 1.13 bits per heavy atom. The van der Waals surface area contributed by atoms with Crippen LogP contribution in [-0.4, -0.2) is 0 Å². The van der Waals surface area contributed by atoms with Crippen molar-refractivity contribution < 1.29 is 4.42 Å². The zero-order valence-corrected chi connectivity index (χ0v) is 21.2. The average molecular weight is 487 g/mol. The first-order valence-electron chi connectivity index (χ1n) is 13.0. The highest BCUT2D eigenvalue weighted by molar-refractivity contribution is 6.25. The fraction of sp³-hybridized carbons (Fsp3) is 0.0270. The van der Waals surface area contributed by atoms with Crippen molar-refractivity contribution in [2.75, 3.05) is 0 Å². The molecule has 0 spiro atoms. The molecule has 0 saturated carbocycles. The summed E-state index contributed by atoms with van der Waals surface area (Å²) in [7, 11) is 0. The van der Waals surface area contributed by atoms with Crippen LogP contribution in [0.4, 0.5) is 0 Å². The zero-order valence-electron chi connectivity index (χ0n) is 21.2. The van der Waals surface area contributed by atoms with E-state index < -0.39 is 0 Å². The van der Waals surface area contributed by atoms with Gasteiger partial charge in [0.15, 0.2) is 0 Å². The van der Waals surface area contributed by atoms with Gasteiger partial charge >= 0.3 is 0 Å². The normalized spacial score (nSPS) is 11.8. The quantitative estimate of drug-likeness (QED) is 0.225. The van der Waals surface area contributed by atoms with E-state index in [9.17, 15) is 0 Å². The van der Waals surface area contributed by atoms with E-state index >= 15 is 0 Å². The van der Waals surface area contributed by atoms with Gasteiger partial charge in [-0.3, -0.25) is 0 Å². The zero-order chi connectivity index (χ0) is 25.6. The van der Waals surface area contributed by atoms with Gasteiger partial charge in [-0.1, -0.05) is 116 Å². The van der Waals surface area contributed by atoms with Gasteiger partial charge in [0.05, 0.1) is 0 Å². The second kappa shape index (κ2) is 8.90. The van der Waals surface area contributed by atoms with Gasteiger partial charge in [0.1, 0.15) is 11.3 Å². The number of fused-ring (bicyclic) bond motifs is 7. The van der Waals surface area contributed by atoms with Gasteiger partial charge in [-0.05, 0) is 74.1 Å². The Morgan fingerprint density at radius 3 is 1.82 bits per heavy atom. The molecule has 0 aliphatic heterocycles. The molecule has 7 aromatic rings. The van der Waals surface area contributed by atoms with Crippen molar-refractivity contribution >= 4 is 55.4 Å². The Labute approximate surface area is 222 Å². The highest BCUT2D eigenvalue weighted by Crippen LogP contribution is 2.39. The van der Waals surface area contributed by atoms with Crippen LogP contribution in [0.25, 0.3) is 77.7 Å². The summed E-state index contributed by atoms with van der Waals surface area (Å²) >= 11 is 0. The van der Waals surface area contributed by atoms with Crippen LogP contribution < -0.4 is 0 Å². The van der Waals surface area contributed by atoms with Crippen molar-refractivity contribution in [3.05, 3.63) is 133 Å². The van der Waals surface area contributed by atoms with E-state index in [0.29, 0.717) is 0 Å². The first-order valence-corrected chi connectivity index (χ1v) is 13.0. The Kier molecular flexibility index (Phi) is 5.23. The highest BCUT2D eigenvalue weighted by atomic mass is 16.3. The molecule has 38 heavy (non-hydrogen) atoms. The lowest BCUT2D eigenvalue weighted by atomic mass is 9.91. The maximum absolute atomic E-state index is 6.35. The number of rotatable bonds is 4. The molecule has 6 aromatic carbocycles. The summed E-state index contributed by atoms with van der Waals surface area (Å²) in [5.41, 5.74) is 6.53. The van der Waals surface area contributed by atoms with Gasteiger partial charge in [0.2, 0.25) is 0 Å². The number of hydrogen-bond donors (Lipinski definition) is 0. The summed E-state index contributed by atoms with van der Waals surface area (Å²) < 4.78 is 6.35. The van der Waals surface area contributed by atoms with Gasteiger partial charge in [-0.15, -0.1) is 0 Å². The minimum Gasteiger partial charge on any atom is -0.455 e. The minimum absolute atomic E-state index is 0.842. The molecule has 0 radical (unpaired) electrons. The molecule has 1 aromatic heterocycles. The number of para-hydroxylation sites is 1. The lowest BCUT2D eigenvalue weighted by Gasteiger charge is -2.12. The predicted molar refractivity (Wildman–Crippen MR) is 164 cm³/mol. The lowest BCUT2D eigenvalue weighted by Crippen LogP contribution is -1.86. The van der Waals surface area contributed by atoms with Crippen LogP contribution in [0, 0.1) is 0 Å². The van der Waals surface area contributed by atoms with E-state index in [1.54, 1.807) is 0 Å². The molecule has 0 fully saturated rings. The number of allylic oxidation sites excluding steroid dienone is 1. The van der Waals surface area contributed by atoms with Gasteiger partial charge in [0, 0.05) is 16.5 Å². The second-order valence-electron chi connectivity index (χ2n) is 9.70. The van der Waals surface area contributed by atoms with E-state index in [0.717, 1.165) is 33.4 Å². The van der Waals surface area contributed by atoms with Crippen molar-refractivity contribution in [2.24, 2.45) is 0 Å². The van der Waals surface area contributed by atoms with E-state index in [1.165, 1.54) is 43.4 Å². The molecular formula is C37H26O. The van der Waals surface area contributed by atoms with E-state index in [1.807, 2.05) is 25.2 Å². The fourth-order valence-corrected chi connectivity index (χ4v) is 5.82. The van der Waals surface area contributed by atoms with Crippen molar-refractivity contribution in [2.45, 2.75) is 6.92 Å². The maximum atomic E-state index is 6.35. The molecule has 0 bridgehead atoms. The average Bonchev–Trinajstić information content (AvgIpc) is 3.34. The fourth-order valence-electron chi connectivity index (χ4n) is 5.82. The molecule has 0 atom stereocenters. The maximum Gasteiger partial charge on any atom is 0.143 e. The van der Waals surface area contributed by atoms with Crippen LogP contribution in [0.15, 0.2) is 126 Å². The number of benzene rings is 6. The summed E-state index contributed by atoms with van der Waals surface area (Å²) in [4.78, 5) is 0. The van der Waals surface area contributed by atoms with E-state index in [4.69, 9.17) is 4.42 Å². The summed E-state index contributed by atoms with van der Waals surface area (Å²) in [5, 5.41) is 8.82. The van der Waals surface area contributed by atoms with Crippen LogP contribution in [0.2, 0.25) is 0 Å². The number of hydrogen-bond acceptors (Lipinski definition) is 1. The van der Waals surface area contributed by atoms with E-state index in [-0.39, 0.29) is 0 Å². The molecule has 7 rings (SSSR count). The Bertz CT molecular complexity index is 2020. The van der Waals surface area contributed by atoms with Gasteiger partial charge < -0.3 is 4.42 Å². The van der Waals surface area contributed by atoms with Crippen LogP contribution >= 0.6 is 0 Å². The summed E-state index contributed by atoms with van der Waals surface area (Å²) in [5.74, 6) is 0.842. The van der Waals surface area contributed by atoms with Crippen molar-refractivity contribution in [3.63, 3.8) is 0 Å². The molecule has 0 unspecified atom stereocenters. The van der Waals surface area contributed by atoms with Crippen molar-refractivity contribution in [1.29, 1.82) is 0 Å². The molecule has 1 heterocycles. The standard InChI is InChI=1S/C37H26O/c1-3-11-36-27(4-2)34-19-10-18-28(37(34)38-36)26-13-9-12-24(22-26)25-20-21-33-31-16-6-5-14-29(31)30-15-7-8-17-32(30)35(33)23-25/h3-23H,2H2,1H3/b11-3-. The Balaban J connectivity index is 1.43. The van der Waals surface area contributed by atoms with Crippen molar-refractivity contribution in [1.82, 2.24) is 0 Å². The molecule has 0 amide bonds. The predicted octanol–water partition coefficient (Wildman–Crippen LogP) is 10.9. The van der Waals surface area contributed by atoms with Crippen molar-refractivity contribution in [3.8, 4) is 22.3 Å². The summed E-state index contributed by atoms with van der Waals surface area (Å²) in [6, 6.07) is 39.4. The number of furan rings is 1. The topological polar surface area (TPSA) is 13.1 Å². The SMILES string of the molecule is C=Cc1c(/C=C\C)oc2c(-c3cccc(-c4ccc5c6ccccc6c6ccccc6c5c4)c3)cccc12. The highest BCUT2D eigenvalue weighted by Gasteiger charge is 2.15. The summed E-state index contributed by atoms with van der Waals surface area (Å²) in [6.07, 6.45) is 5.88. The van der Waals surface area contributed by atoms with Gasteiger partial charge in [0.25, 0.3) is 0 Å². The van der Waals surface area contributed by atoms with Crippen LogP contribution in [0.1, 0.15) is 18.2 Å². The van der Waals surface area contributed by atoms with Crippen LogP contribution in [-0.2, 0) is 0 Å². The molecule has 1 heteroatoms. The third-order valence-corrected chi connectivity index (χ3v) is 7.56. The molecule has 0 saturated heterocycles. The first-order chi connectivity index (χ1) is 18.8. The van der Waals surface area contributed by atoms with Gasteiger partial charge in [-0.25, -0.2) is 0 Å². The molecule has 0 N–H and O–H groups in total. The third-order valence-electron chi connectivity index (χ3n) is 7.56.